The Morgan fingerprint density at radius 3 is 2.95 bits per heavy atom. The Morgan fingerprint density at radius 2 is 2.30 bits per heavy atom. The molecule has 3 rings (SSSR count). The molecule has 1 aliphatic carbocycles. The fourth-order valence-electron chi connectivity index (χ4n) is 1.83. The van der Waals surface area contributed by atoms with Crippen LogP contribution in [0, 0.1) is 18.3 Å². The molecular weight excluding hydrogens is 288 g/mol. The molecule has 1 aliphatic rings. The Labute approximate surface area is 126 Å². The van der Waals surface area contributed by atoms with Crippen LogP contribution in [-0.4, -0.2) is 16.2 Å². The molecule has 0 saturated heterocycles. The summed E-state index contributed by atoms with van der Waals surface area (Å²) < 4.78 is 0.878. The van der Waals surface area contributed by atoms with Crippen molar-refractivity contribution in [3.8, 4) is 6.07 Å². The summed E-state index contributed by atoms with van der Waals surface area (Å²) in [6, 6.07) is 9.00. The van der Waals surface area contributed by atoms with Crippen molar-refractivity contribution in [1.82, 2.24) is 15.5 Å². The zero-order chi connectivity index (χ0) is 13.9. The van der Waals surface area contributed by atoms with Gasteiger partial charge in [-0.15, -0.1) is 10.2 Å². The zero-order valence-electron chi connectivity index (χ0n) is 11.1. The summed E-state index contributed by atoms with van der Waals surface area (Å²) in [6.07, 6.45) is 2.55. The van der Waals surface area contributed by atoms with Crippen LogP contribution < -0.4 is 5.32 Å². The normalized spacial score (nSPS) is 14.2. The second-order valence-corrected chi connectivity index (χ2v) is 7.26. The van der Waals surface area contributed by atoms with E-state index in [1.807, 2.05) is 19.1 Å². The van der Waals surface area contributed by atoms with E-state index in [9.17, 15) is 5.26 Å². The standard InChI is InChI=1S/C14H14N4S2/c1-9-17-18-14(19-9)20-13-5-2-10(6-11(13)7-15)8-16-12-3-4-12/h2,5-6,12,16H,3-4,8H2,1H3. The summed E-state index contributed by atoms with van der Waals surface area (Å²) >= 11 is 3.05. The van der Waals surface area contributed by atoms with Gasteiger partial charge >= 0.3 is 0 Å². The molecule has 0 unspecified atom stereocenters. The number of hydrogen-bond acceptors (Lipinski definition) is 6. The number of hydrogen-bond donors (Lipinski definition) is 1. The smallest absolute Gasteiger partial charge is 0.179 e. The summed E-state index contributed by atoms with van der Waals surface area (Å²) in [7, 11) is 0. The monoisotopic (exact) mass is 302 g/mol. The number of aromatic nitrogens is 2. The van der Waals surface area contributed by atoms with Crippen LogP contribution in [0.15, 0.2) is 27.4 Å². The highest BCUT2D eigenvalue weighted by Crippen LogP contribution is 2.32. The van der Waals surface area contributed by atoms with Gasteiger partial charge in [0.25, 0.3) is 0 Å². The largest absolute Gasteiger partial charge is 0.310 e. The quantitative estimate of drug-likeness (QED) is 0.919. The molecule has 0 radical (unpaired) electrons. The van der Waals surface area contributed by atoms with E-state index in [-0.39, 0.29) is 0 Å². The van der Waals surface area contributed by atoms with Crippen molar-refractivity contribution in [3.05, 3.63) is 34.3 Å². The minimum atomic E-state index is 0.680. The summed E-state index contributed by atoms with van der Waals surface area (Å²) in [5, 5.41) is 21.8. The van der Waals surface area contributed by atoms with Gasteiger partial charge in [-0.05, 0) is 37.5 Å². The van der Waals surface area contributed by atoms with Crippen LogP contribution in [0.2, 0.25) is 0 Å². The second-order valence-electron chi connectivity index (χ2n) is 4.79. The summed E-state index contributed by atoms with van der Waals surface area (Å²) in [5.41, 5.74) is 1.86. The van der Waals surface area contributed by atoms with E-state index < -0.39 is 0 Å². The molecule has 1 N–H and O–H groups in total. The van der Waals surface area contributed by atoms with Gasteiger partial charge in [0.2, 0.25) is 0 Å². The van der Waals surface area contributed by atoms with Crippen molar-refractivity contribution >= 4 is 23.1 Å². The van der Waals surface area contributed by atoms with E-state index >= 15 is 0 Å². The minimum absolute atomic E-state index is 0.680. The Balaban J connectivity index is 1.74. The molecule has 0 spiro atoms. The van der Waals surface area contributed by atoms with Gasteiger partial charge in [0.1, 0.15) is 11.1 Å². The minimum Gasteiger partial charge on any atom is -0.310 e. The van der Waals surface area contributed by atoms with Gasteiger partial charge in [-0.25, -0.2) is 0 Å². The molecule has 1 aromatic carbocycles. The third kappa shape index (κ3) is 3.37. The number of aryl methyl sites for hydroxylation is 1. The first-order chi connectivity index (χ1) is 9.74. The molecule has 0 amide bonds. The lowest BCUT2D eigenvalue weighted by Gasteiger charge is -2.06. The molecular formula is C14H14N4S2. The maximum Gasteiger partial charge on any atom is 0.179 e. The SMILES string of the molecule is Cc1nnc(Sc2ccc(CNC3CC3)cc2C#N)s1. The number of benzene rings is 1. The molecule has 0 atom stereocenters. The van der Waals surface area contributed by atoms with Crippen molar-refractivity contribution in [2.75, 3.05) is 0 Å². The zero-order valence-corrected chi connectivity index (χ0v) is 12.7. The molecule has 0 aliphatic heterocycles. The van der Waals surface area contributed by atoms with E-state index in [2.05, 4.69) is 27.6 Å². The Hall–Kier alpha value is -1.42. The van der Waals surface area contributed by atoms with Crippen molar-refractivity contribution in [2.45, 2.75) is 41.6 Å². The molecule has 2 aromatic rings. The van der Waals surface area contributed by atoms with Crippen LogP contribution in [0.1, 0.15) is 29.0 Å². The second kappa shape index (κ2) is 5.92. The van der Waals surface area contributed by atoms with Crippen LogP contribution in [0.5, 0.6) is 0 Å². The molecule has 102 valence electrons. The topological polar surface area (TPSA) is 61.6 Å². The molecule has 4 nitrogen and oxygen atoms in total. The molecule has 20 heavy (non-hydrogen) atoms. The predicted octanol–water partition coefficient (Wildman–Crippen LogP) is 3.12. The Morgan fingerprint density at radius 1 is 1.45 bits per heavy atom. The first kappa shape index (κ1) is 13.6. The van der Waals surface area contributed by atoms with Crippen LogP contribution in [0.25, 0.3) is 0 Å². The predicted molar refractivity (Wildman–Crippen MR) is 79.8 cm³/mol. The maximum absolute atomic E-state index is 9.30. The van der Waals surface area contributed by atoms with E-state index in [4.69, 9.17) is 0 Å². The number of rotatable bonds is 5. The lowest BCUT2D eigenvalue weighted by atomic mass is 10.1. The van der Waals surface area contributed by atoms with E-state index in [1.54, 1.807) is 11.3 Å². The molecule has 1 saturated carbocycles. The summed E-state index contributed by atoms with van der Waals surface area (Å²) in [5.74, 6) is 0. The van der Waals surface area contributed by atoms with Gasteiger partial charge in [0.05, 0.1) is 5.56 Å². The highest BCUT2D eigenvalue weighted by Gasteiger charge is 2.20. The Kier molecular flexibility index (Phi) is 4.01. The van der Waals surface area contributed by atoms with E-state index in [1.165, 1.54) is 24.6 Å². The molecule has 1 heterocycles. The third-order valence-corrected chi connectivity index (χ3v) is 5.01. The highest BCUT2D eigenvalue weighted by atomic mass is 32.2. The van der Waals surface area contributed by atoms with Crippen LogP contribution in [0.3, 0.4) is 0 Å². The van der Waals surface area contributed by atoms with Gasteiger partial charge in [-0.3, -0.25) is 0 Å². The fraction of sp³-hybridized carbons (Fsp3) is 0.357. The first-order valence-electron chi connectivity index (χ1n) is 6.49. The molecule has 0 bridgehead atoms. The number of nitrogens with one attached hydrogen (secondary N) is 1. The molecule has 6 heteroatoms. The average Bonchev–Trinajstić information content (AvgIpc) is 3.20. The maximum atomic E-state index is 9.30. The molecule has 1 fully saturated rings. The van der Waals surface area contributed by atoms with Crippen LogP contribution in [-0.2, 0) is 6.54 Å². The summed E-state index contributed by atoms with van der Waals surface area (Å²) in [4.78, 5) is 0.943. The lowest BCUT2D eigenvalue weighted by Crippen LogP contribution is -2.15. The van der Waals surface area contributed by atoms with Gasteiger partial charge < -0.3 is 5.32 Å². The van der Waals surface area contributed by atoms with E-state index in [0.717, 1.165) is 26.4 Å². The summed E-state index contributed by atoms with van der Waals surface area (Å²) in [6.45, 7) is 2.77. The molecule has 1 aromatic heterocycles. The van der Waals surface area contributed by atoms with Gasteiger partial charge in [0.15, 0.2) is 4.34 Å². The van der Waals surface area contributed by atoms with Gasteiger partial charge in [-0.2, -0.15) is 5.26 Å². The highest BCUT2D eigenvalue weighted by molar-refractivity contribution is 8.01. The van der Waals surface area contributed by atoms with Crippen LogP contribution >= 0.6 is 23.1 Å². The van der Waals surface area contributed by atoms with E-state index in [0.29, 0.717) is 11.6 Å². The number of nitriles is 1. The van der Waals surface area contributed by atoms with Crippen molar-refractivity contribution < 1.29 is 0 Å². The van der Waals surface area contributed by atoms with Gasteiger partial charge in [0, 0.05) is 17.5 Å². The van der Waals surface area contributed by atoms with Crippen LogP contribution in [0.4, 0.5) is 0 Å². The lowest BCUT2D eigenvalue weighted by molar-refractivity contribution is 0.687. The van der Waals surface area contributed by atoms with Crippen molar-refractivity contribution in [3.63, 3.8) is 0 Å². The first-order valence-corrected chi connectivity index (χ1v) is 8.12. The van der Waals surface area contributed by atoms with Crippen molar-refractivity contribution in [1.29, 1.82) is 5.26 Å². The fourth-order valence-corrected chi connectivity index (χ4v) is 3.66. The Bertz CT molecular complexity index is 655. The number of nitrogens with zero attached hydrogens (tertiary/aromatic N) is 3. The average molecular weight is 302 g/mol. The van der Waals surface area contributed by atoms with Crippen molar-refractivity contribution in [2.24, 2.45) is 0 Å². The third-order valence-electron chi connectivity index (χ3n) is 3.04. The van der Waals surface area contributed by atoms with Gasteiger partial charge in [-0.1, -0.05) is 29.2 Å².